The standard InChI is InChI=1S/C49H83O13P/c1-3-5-7-9-11-13-15-17-19-20-21-22-24-25-27-29-31-33-35-37-42(50)59-39-41(40-60-63(57,58)62-49-47(55)45(53)44(52)46(54)48(49)56)61-43(51)38-36-34-32-30-28-26-23-18-16-14-12-10-8-6-4-2/h5,7,11,13,17,19,21-22,25,27,31,33,41,44-49,52-56H,3-4,6,8-10,12,14-16,18,20,23-24,26,28-30,32,34-40H2,1-2H3,(H,57,58)/b7-5+,13-11+,19-17+,22-21+,27-25+,33-31+/t41-,44?,45-,46?,47?,48?,49?/m0/s1. The number of rotatable bonds is 38. The van der Waals surface area contributed by atoms with Gasteiger partial charge in [-0.2, -0.15) is 0 Å². The number of phosphoric ester groups is 1. The fraction of sp³-hybridized carbons (Fsp3) is 0.714. The Bertz CT molecular complexity index is 1380. The monoisotopic (exact) mass is 911 g/mol. The fourth-order valence-corrected chi connectivity index (χ4v) is 7.76. The highest BCUT2D eigenvalue weighted by atomic mass is 31.2. The van der Waals surface area contributed by atoms with Crippen molar-refractivity contribution in [3.8, 4) is 0 Å². The first-order valence-electron chi connectivity index (χ1n) is 23.7. The van der Waals surface area contributed by atoms with Gasteiger partial charge in [0, 0.05) is 12.8 Å². The van der Waals surface area contributed by atoms with Crippen molar-refractivity contribution in [1.82, 2.24) is 0 Å². The molecule has 0 aromatic rings. The van der Waals surface area contributed by atoms with Gasteiger partial charge in [0.25, 0.3) is 0 Å². The van der Waals surface area contributed by atoms with Crippen molar-refractivity contribution in [2.45, 2.75) is 211 Å². The predicted molar refractivity (Wildman–Crippen MR) is 249 cm³/mol. The van der Waals surface area contributed by atoms with Crippen LogP contribution in [-0.2, 0) is 32.7 Å². The summed E-state index contributed by atoms with van der Waals surface area (Å²) >= 11 is 0. The van der Waals surface area contributed by atoms with E-state index in [2.05, 4.69) is 68.5 Å². The summed E-state index contributed by atoms with van der Waals surface area (Å²) in [4.78, 5) is 35.7. The van der Waals surface area contributed by atoms with Crippen molar-refractivity contribution in [2.24, 2.45) is 0 Å². The summed E-state index contributed by atoms with van der Waals surface area (Å²) in [6.45, 7) is 3.12. The highest BCUT2D eigenvalue weighted by Crippen LogP contribution is 2.47. The molecule has 6 unspecified atom stereocenters. The zero-order valence-electron chi connectivity index (χ0n) is 38.3. The lowest BCUT2D eigenvalue weighted by Gasteiger charge is -2.41. The summed E-state index contributed by atoms with van der Waals surface area (Å²) in [6.07, 6.45) is 35.4. The minimum atomic E-state index is -5.14. The van der Waals surface area contributed by atoms with Gasteiger partial charge in [0.15, 0.2) is 6.10 Å². The number of phosphoric acid groups is 1. The second-order valence-electron chi connectivity index (χ2n) is 16.2. The molecule has 0 bridgehead atoms. The Morgan fingerprint density at radius 3 is 1.35 bits per heavy atom. The zero-order chi connectivity index (χ0) is 46.4. The number of hydrogen-bond donors (Lipinski definition) is 6. The lowest BCUT2D eigenvalue weighted by Crippen LogP contribution is -2.64. The summed E-state index contributed by atoms with van der Waals surface area (Å²) in [5.74, 6) is -1.20. The Labute approximate surface area is 378 Å². The Hall–Kier alpha value is -2.71. The lowest BCUT2D eigenvalue weighted by molar-refractivity contribution is -0.220. The summed E-state index contributed by atoms with van der Waals surface area (Å²) in [7, 11) is -5.14. The second kappa shape index (κ2) is 38.5. The molecule has 14 heteroatoms. The van der Waals surface area contributed by atoms with E-state index < -0.39 is 75.7 Å². The number of aliphatic hydroxyl groups is 5. The number of carbonyl (C=O) groups is 2. The van der Waals surface area contributed by atoms with Crippen LogP contribution in [0.2, 0.25) is 0 Å². The van der Waals surface area contributed by atoms with Gasteiger partial charge in [-0.25, -0.2) is 4.57 Å². The number of unbranched alkanes of at least 4 members (excludes halogenated alkanes) is 14. The van der Waals surface area contributed by atoms with Crippen LogP contribution in [0.1, 0.15) is 168 Å². The van der Waals surface area contributed by atoms with Crippen molar-refractivity contribution in [3.63, 3.8) is 0 Å². The molecule has 1 aliphatic rings. The largest absolute Gasteiger partial charge is 0.472 e. The first-order chi connectivity index (χ1) is 30.4. The first kappa shape index (κ1) is 58.3. The van der Waals surface area contributed by atoms with Gasteiger partial charge in [-0.1, -0.05) is 177 Å². The van der Waals surface area contributed by atoms with Gasteiger partial charge < -0.3 is 39.9 Å². The van der Waals surface area contributed by atoms with E-state index in [-0.39, 0.29) is 12.8 Å². The van der Waals surface area contributed by atoms with Crippen molar-refractivity contribution >= 4 is 19.8 Å². The number of ether oxygens (including phenoxy) is 2. The Morgan fingerprint density at radius 2 is 0.905 bits per heavy atom. The molecular formula is C49H83O13P. The van der Waals surface area contributed by atoms with Crippen molar-refractivity contribution < 1.29 is 63.1 Å². The smallest absolute Gasteiger partial charge is 0.462 e. The van der Waals surface area contributed by atoms with Gasteiger partial charge in [0.05, 0.1) is 6.61 Å². The quantitative estimate of drug-likeness (QED) is 0.0148. The van der Waals surface area contributed by atoms with Crippen LogP contribution >= 0.6 is 7.82 Å². The molecule has 1 fully saturated rings. The fourth-order valence-electron chi connectivity index (χ4n) is 6.78. The first-order valence-corrected chi connectivity index (χ1v) is 25.2. The summed E-state index contributed by atoms with van der Waals surface area (Å²) in [6, 6.07) is 0. The topological polar surface area (TPSA) is 210 Å². The van der Waals surface area contributed by atoms with Crippen LogP contribution in [0.3, 0.4) is 0 Å². The SMILES string of the molecule is CC/C=C/C/C=C/C/C=C/C/C=C/C/C=C/C/C=C/CCC(=O)OC[C@@H](COP(=O)(O)OC1C(O)C(O)C(O)[C@H](O)C1O)OC(=O)CCCCCCCCCCCCCCCCC. The maximum atomic E-state index is 12.8. The number of carbonyl (C=O) groups excluding carboxylic acids is 2. The number of allylic oxidation sites excluding steroid dienone is 12. The average Bonchev–Trinajstić information content (AvgIpc) is 3.26. The molecule has 0 amide bonds. The Kier molecular flexibility index (Phi) is 35.7. The average molecular weight is 911 g/mol. The van der Waals surface area contributed by atoms with Crippen LogP contribution in [0.15, 0.2) is 72.9 Å². The summed E-state index contributed by atoms with van der Waals surface area (Å²) in [5, 5.41) is 50.2. The predicted octanol–water partition coefficient (Wildman–Crippen LogP) is 9.50. The highest BCUT2D eigenvalue weighted by Gasteiger charge is 2.51. The molecule has 0 aliphatic heterocycles. The van der Waals surface area contributed by atoms with Crippen LogP contribution in [0.4, 0.5) is 0 Å². The van der Waals surface area contributed by atoms with Crippen molar-refractivity contribution in [3.05, 3.63) is 72.9 Å². The van der Waals surface area contributed by atoms with Crippen molar-refractivity contribution in [2.75, 3.05) is 13.2 Å². The van der Waals surface area contributed by atoms with E-state index in [0.717, 1.165) is 57.8 Å². The van der Waals surface area contributed by atoms with Crippen LogP contribution in [0, 0.1) is 0 Å². The number of aliphatic hydroxyl groups excluding tert-OH is 5. The maximum absolute atomic E-state index is 12.8. The van der Waals surface area contributed by atoms with E-state index in [4.69, 9.17) is 18.5 Å². The molecule has 0 spiro atoms. The molecule has 0 aromatic heterocycles. The van der Waals surface area contributed by atoms with Crippen LogP contribution < -0.4 is 0 Å². The Balaban J connectivity index is 2.50. The number of hydrogen-bond acceptors (Lipinski definition) is 12. The van der Waals surface area contributed by atoms with Gasteiger partial charge in [0.2, 0.25) is 0 Å². The summed E-state index contributed by atoms with van der Waals surface area (Å²) in [5.41, 5.74) is 0. The van der Waals surface area contributed by atoms with Gasteiger partial charge >= 0.3 is 19.8 Å². The molecule has 8 atom stereocenters. The van der Waals surface area contributed by atoms with Crippen LogP contribution in [0.25, 0.3) is 0 Å². The molecule has 1 aliphatic carbocycles. The van der Waals surface area contributed by atoms with Gasteiger partial charge in [-0.3, -0.25) is 18.6 Å². The lowest BCUT2D eigenvalue weighted by atomic mass is 9.85. The van der Waals surface area contributed by atoms with Crippen LogP contribution in [0.5, 0.6) is 0 Å². The molecule has 0 radical (unpaired) electrons. The zero-order valence-corrected chi connectivity index (χ0v) is 39.2. The second-order valence-corrected chi connectivity index (χ2v) is 17.6. The van der Waals surface area contributed by atoms with Gasteiger partial charge in [0.1, 0.15) is 43.2 Å². The summed E-state index contributed by atoms with van der Waals surface area (Å²) < 4.78 is 33.5. The minimum absolute atomic E-state index is 0.0401. The van der Waals surface area contributed by atoms with Gasteiger partial charge in [-0.05, 0) is 51.4 Å². The van der Waals surface area contributed by atoms with E-state index in [0.29, 0.717) is 19.3 Å². The van der Waals surface area contributed by atoms with Crippen molar-refractivity contribution in [1.29, 1.82) is 0 Å². The van der Waals surface area contributed by atoms with E-state index in [1.807, 2.05) is 18.2 Å². The molecule has 0 aromatic carbocycles. The molecular weight excluding hydrogens is 827 g/mol. The van der Waals surface area contributed by atoms with E-state index in [1.165, 1.54) is 64.2 Å². The van der Waals surface area contributed by atoms with Gasteiger partial charge in [-0.15, -0.1) is 0 Å². The highest BCUT2D eigenvalue weighted by molar-refractivity contribution is 7.47. The van der Waals surface area contributed by atoms with E-state index >= 15 is 0 Å². The number of esters is 2. The minimum Gasteiger partial charge on any atom is -0.462 e. The Morgan fingerprint density at radius 1 is 0.508 bits per heavy atom. The molecule has 0 saturated heterocycles. The molecule has 362 valence electrons. The normalized spacial score (nSPS) is 22.3. The molecule has 1 rings (SSSR count). The molecule has 1 saturated carbocycles. The third-order valence-electron chi connectivity index (χ3n) is 10.6. The molecule has 6 N–H and O–H groups in total. The van der Waals surface area contributed by atoms with E-state index in [9.17, 15) is 44.6 Å². The molecule has 63 heavy (non-hydrogen) atoms. The van der Waals surface area contributed by atoms with E-state index in [1.54, 1.807) is 0 Å². The third kappa shape index (κ3) is 31.0. The maximum Gasteiger partial charge on any atom is 0.472 e. The third-order valence-corrected chi connectivity index (χ3v) is 11.6. The van der Waals surface area contributed by atoms with Crippen LogP contribution in [-0.4, -0.2) is 98.3 Å². The molecule has 13 nitrogen and oxygen atoms in total. The molecule has 0 heterocycles.